The van der Waals surface area contributed by atoms with Gasteiger partial charge < -0.3 is 10.2 Å². The minimum atomic E-state index is -0.372. The second-order valence-corrected chi connectivity index (χ2v) is 4.33. The number of rotatable bonds is 4. The average Bonchev–Trinajstić information content (AvgIpc) is 2.39. The molecule has 2 aromatic rings. The van der Waals surface area contributed by atoms with Crippen molar-refractivity contribution in [3.63, 3.8) is 0 Å². The Morgan fingerprint density at radius 2 is 1.68 bits per heavy atom. The third-order valence-corrected chi connectivity index (χ3v) is 2.97. The number of benzene rings is 2. The maximum Gasteiger partial charge on any atom is 0.147 e. The molecule has 4 heteroatoms. The van der Waals surface area contributed by atoms with Crippen LogP contribution < -0.4 is 10.2 Å². The lowest BCUT2D eigenvalue weighted by Gasteiger charge is -2.21. The van der Waals surface area contributed by atoms with Crippen LogP contribution >= 0.6 is 0 Å². The molecule has 0 bridgehead atoms. The summed E-state index contributed by atoms with van der Waals surface area (Å²) >= 11 is 0. The van der Waals surface area contributed by atoms with E-state index in [0.717, 1.165) is 5.56 Å². The molecule has 0 aliphatic heterocycles. The molecule has 0 radical (unpaired) electrons. The molecule has 0 aliphatic rings. The highest BCUT2D eigenvalue weighted by molar-refractivity contribution is 5.63. The van der Waals surface area contributed by atoms with E-state index in [9.17, 15) is 8.78 Å². The zero-order chi connectivity index (χ0) is 13.8. The van der Waals surface area contributed by atoms with Crippen LogP contribution in [-0.4, -0.2) is 14.1 Å². The molecular weight excluding hydrogens is 246 g/mol. The van der Waals surface area contributed by atoms with Crippen LogP contribution in [0.25, 0.3) is 0 Å². The normalized spacial score (nSPS) is 10.5. The van der Waals surface area contributed by atoms with E-state index >= 15 is 0 Å². The zero-order valence-electron chi connectivity index (χ0n) is 11.0. The number of halogens is 2. The Bertz CT molecular complexity index is 570. The predicted molar refractivity (Wildman–Crippen MR) is 73.6 cm³/mol. The molecule has 0 fully saturated rings. The van der Waals surface area contributed by atoms with Gasteiger partial charge in [-0.25, -0.2) is 8.78 Å². The summed E-state index contributed by atoms with van der Waals surface area (Å²) in [6.45, 7) is 0.598. The number of hydrogen-bond donors (Lipinski definition) is 1. The molecule has 0 heterocycles. The van der Waals surface area contributed by atoms with Crippen molar-refractivity contribution in [2.45, 2.75) is 6.54 Å². The molecule has 0 saturated carbocycles. The van der Waals surface area contributed by atoms with Gasteiger partial charge in [0.1, 0.15) is 11.6 Å². The molecule has 0 atom stereocenters. The molecule has 100 valence electrons. The van der Waals surface area contributed by atoms with Crippen LogP contribution in [0.1, 0.15) is 5.56 Å². The lowest BCUT2D eigenvalue weighted by molar-refractivity contribution is 0.615. The Morgan fingerprint density at radius 1 is 1.00 bits per heavy atom. The summed E-state index contributed by atoms with van der Waals surface area (Å²) in [5.74, 6) is -0.734. The Hall–Kier alpha value is -1.94. The predicted octanol–water partition coefficient (Wildman–Crippen LogP) is 3.45. The van der Waals surface area contributed by atoms with E-state index in [1.165, 1.54) is 17.0 Å². The van der Waals surface area contributed by atoms with Crippen molar-refractivity contribution in [3.8, 4) is 0 Å². The first-order valence-corrected chi connectivity index (χ1v) is 6.04. The molecule has 2 nitrogen and oxygen atoms in total. The van der Waals surface area contributed by atoms with Gasteiger partial charge in [0.15, 0.2) is 0 Å². The van der Waals surface area contributed by atoms with Crippen LogP contribution in [0.15, 0.2) is 42.5 Å². The largest absolute Gasteiger partial charge is 0.340 e. The molecule has 0 aliphatic carbocycles. The second kappa shape index (κ2) is 5.80. The van der Waals surface area contributed by atoms with Gasteiger partial charge >= 0.3 is 0 Å². The summed E-state index contributed by atoms with van der Waals surface area (Å²) in [4.78, 5) is 1.51. The van der Waals surface area contributed by atoms with Crippen molar-refractivity contribution in [2.75, 3.05) is 19.0 Å². The van der Waals surface area contributed by atoms with Gasteiger partial charge in [0.25, 0.3) is 0 Å². The van der Waals surface area contributed by atoms with Gasteiger partial charge in [-0.05, 0) is 36.9 Å². The van der Waals surface area contributed by atoms with Gasteiger partial charge in [-0.15, -0.1) is 0 Å². The van der Waals surface area contributed by atoms with Crippen molar-refractivity contribution in [1.82, 2.24) is 5.32 Å². The van der Waals surface area contributed by atoms with E-state index in [1.54, 1.807) is 38.4 Å². The van der Waals surface area contributed by atoms with Crippen LogP contribution in [0.5, 0.6) is 0 Å². The van der Waals surface area contributed by atoms with Crippen LogP contribution in [0.2, 0.25) is 0 Å². The van der Waals surface area contributed by atoms with Crippen molar-refractivity contribution in [3.05, 3.63) is 59.7 Å². The maximum atomic E-state index is 14.0. The van der Waals surface area contributed by atoms with Crippen LogP contribution in [0.3, 0.4) is 0 Å². The highest BCUT2D eigenvalue weighted by Gasteiger charge is 2.13. The number of para-hydroxylation sites is 1. The zero-order valence-corrected chi connectivity index (χ0v) is 11.0. The summed E-state index contributed by atoms with van der Waals surface area (Å²) in [5, 5.41) is 2.96. The SMILES string of the molecule is CNCc1ccc(N(C)c2ccccc2F)c(F)c1. The fourth-order valence-corrected chi connectivity index (χ4v) is 1.99. The number of hydrogen-bond acceptors (Lipinski definition) is 2. The van der Waals surface area contributed by atoms with E-state index in [4.69, 9.17) is 0 Å². The third-order valence-electron chi connectivity index (χ3n) is 2.97. The standard InChI is InChI=1S/C15H16F2N2/c1-18-10-11-7-8-15(13(17)9-11)19(2)14-6-4-3-5-12(14)16/h3-9,18H,10H2,1-2H3. The molecule has 0 amide bonds. The Morgan fingerprint density at radius 3 is 2.32 bits per heavy atom. The van der Waals surface area contributed by atoms with Crippen LogP contribution in [-0.2, 0) is 6.54 Å². The molecule has 19 heavy (non-hydrogen) atoms. The molecule has 2 rings (SSSR count). The van der Waals surface area contributed by atoms with Gasteiger partial charge in [-0.2, -0.15) is 0 Å². The quantitative estimate of drug-likeness (QED) is 0.907. The molecule has 0 unspecified atom stereocenters. The van der Waals surface area contributed by atoms with Crippen LogP contribution in [0, 0.1) is 11.6 Å². The maximum absolute atomic E-state index is 14.0. The van der Waals surface area contributed by atoms with Crippen molar-refractivity contribution < 1.29 is 8.78 Å². The topological polar surface area (TPSA) is 15.3 Å². The Labute approximate surface area is 111 Å². The molecular formula is C15H16F2N2. The van der Waals surface area contributed by atoms with Crippen molar-refractivity contribution >= 4 is 11.4 Å². The smallest absolute Gasteiger partial charge is 0.147 e. The van der Waals surface area contributed by atoms with E-state index < -0.39 is 0 Å². The Balaban J connectivity index is 2.34. The molecule has 0 aromatic heterocycles. The van der Waals surface area contributed by atoms with Crippen LogP contribution in [0.4, 0.5) is 20.2 Å². The highest BCUT2D eigenvalue weighted by atomic mass is 19.1. The van der Waals surface area contributed by atoms with E-state index in [1.807, 2.05) is 6.07 Å². The minimum Gasteiger partial charge on any atom is -0.340 e. The molecule has 0 spiro atoms. The van der Waals surface area contributed by atoms with Gasteiger partial charge in [-0.1, -0.05) is 18.2 Å². The van der Waals surface area contributed by atoms with Crippen molar-refractivity contribution in [2.24, 2.45) is 0 Å². The average molecular weight is 262 g/mol. The van der Waals surface area contributed by atoms with Crippen molar-refractivity contribution in [1.29, 1.82) is 0 Å². The van der Waals surface area contributed by atoms with Gasteiger partial charge in [0, 0.05) is 13.6 Å². The summed E-state index contributed by atoms with van der Waals surface area (Å²) in [5.41, 5.74) is 1.55. The summed E-state index contributed by atoms with van der Waals surface area (Å²) in [6.07, 6.45) is 0. The minimum absolute atomic E-state index is 0.350. The number of nitrogens with one attached hydrogen (secondary N) is 1. The lowest BCUT2D eigenvalue weighted by atomic mass is 10.1. The second-order valence-electron chi connectivity index (χ2n) is 4.33. The van der Waals surface area contributed by atoms with Gasteiger partial charge in [0.05, 0.1) is 11.4 Å². The first-order chi connectivity index (χ1) is 9.13. The number of anilines is 2. The fraction of sp³-hybridized carbons (Fsp3) is 0.200. The molecule has 0 saturated heterocycles. The first-order valence-electron chi connectivity index (χ1n) is 6.04. The fourth-order valence-electron chi connectivity index (χ4n) is 1.99. The summed E-state index contributed by atoms with van der Waals surface area (Å²) in [6, 6.07) is 11.3. The van der Waals surface area contributed by atoms with Gasteiger partial charge in [-0.3, -0.25) is 0 Å². The number of nitrogens with zero attached hydrogens (tertiary/aromatic N) is 1. The van der Waals surface area contributed by atoms with E-state index in [2.05, 4.69) is 5.32 Å². The van der Waals surface area contributed by atoms with E-state index in [-0.39, 0.29) is 11.6 Å². The highest BCUT2D eigenvalue weighted by Crippen LogP contribution is 2.28. The van der Waals surface area contributed by atoms with Gasteiger partial charge in [0.2, 0.25) is 0 Å². The third kappa shape index (κ3) is 2.90. The summed E-state index contributed by atoms with van der Waals surface area (Å²) < 4.78 is 27.7. The lowest BCUT2D eigenvalue weighted by Crippen LogP contribution is -2.13. The molecule has 1 N–H and O–H groups in total. The Kier molecular flexibility index (Phi) is 4.12. The monoisotopic (exact) mass is 262 g/mol. The summed E-state index contributed by atoms with van der Waals surface area (Å²) in [7, 11) is 3.45. The van der Waals surface area contributed by atoms with E-state index in [0.29, 0.717) is 17.9 Å². The first kappa shape index (κ1) is 13.5. The molecule has 2 aromatic carbocycles.